The molecular formula is C13H17NO2. The molecule has 0 saturated carbocycles. The lowest BCUT2D eigenvalue weighted by Crippen LogP contribution is -2.13. The Morgan fingerprint density at radius 3 is 2.81 bits per heavy atom. The van der Waals surface area contributed by atoms with Gasteiger partial charge < -0.3 is 14.4 Å². The summed E-state index contributed by atoms with van der Waals surface area (Å²) in [6.45, 7) is 2.92. The van der Waals surface area contributed by atoms with Crippen LogP contribution in [0.5, 0.6) is 0 Å². The molecule has 1 atom stereocenters. The minimum Gasteiger partial charge on any atom is -0.392 e. The van der Waals surface area contributed by atoms with Crippen molar-refractivity contribution in [2.24, 2.45) is 0 Å². The molecule has 2 aromatic rings. The third-order valence-electron chi connectivity index (χ3n) is 2.90. The minimum absolute atomic E-state index is 0.0783. The normalized spacial score (nSPS) is 13.2. The van der Waals surface area contributed by atoms with Gasteiger partial charge in [-0.05, 0) is 13.0 Å². The van der Waals surface area contributed by atoms with E-state index in [-0.39, 0.29) is 12.7 Å². The number of aliphatic hydroxyl groups is 1. The van der Waals surface area contributed by atoms with Crippen LogP contribution in [0.1, 0.15) is 12.5 Å². The highest BCUT2D eigenvalue weighted by molar-refractivity contribution is 5.83. The van der Waals surface area contributed by atoms with Gasteiger partial charge in [-0.25, -0.2) is 0 Å². The number of para-hydroxylation sites is 1. The number of hydrogen-bond donors (Lipinski definition) is 1. The fourth-order valence-electron chi connectivity index (χ4n) is 1.95. The van der Waals surface area contributed by atoms with E-state index in [1.165, 1.54) is 0 Å². The Morgan fingerprint density at radius 2 is 2.12 bits per heavy atom. The summed E-state index contributed by atoms with van der Waals surface area (Å²) in [5.74, 6) is 0. The van der Waals surface area contributed by atoms with E-state index in [9.17, 15) is 5.11 Å². The van der Waals surface area contributed by atoms with Gasteiger partial charge in [-0.3, -0.25) is 0 Å². The fourth-order valence-corrected chi connectivity index (χ4v) is 1.95. The molecular weight excluding hydrogens is 202 g/mol. The predicted molar refractivity (Wildman–Crippen MR) is 64.3 cm³/mol. The van der Waals surface area contributed by atoms with Crippen molar-refractivity contribution in [3.8, 4) is 0 Å². The average Bonchev–Trinajstić information content (AvgIpc) is 2.68. The molecule has 0 aliphatic rings. The third kappa shape index (κ3) is 1.96. The molecule has 3 nitrogen and oxygen atoms in total. The van der Waals surface area contributed by atoms with E-state index in [4.69, 9.17) is 4.74 Å². The summed E-state index contributed by atoms with van der Waals surface area (Å²) in [4.78, 5) is 0. The number of fused-ring (bicyclic) bond motifs is 1. The van der Waals surface area contributed by atoms with Gasteiger partial charge in [0, 0.05) is 36.3 Å². The first-order chi connectivity index (χ1) is 7.76. The van der Waals surface area contributed by atoms with Crippen LogP contribution in [0.25, 0.3) is 10.9 Å². The Bertz CT molecular complexity index is 476. The number of methoxy groups -OCH3 is 1. The Balaban J connectivity index is 2.45. The van der Waals surface area contributed by atoms with Crippen LogP contribution in [0.3, 0.4) is 0 Å². The number of aromatic nitrogens is 1. The van der Waals surface area contributed by atoms with Crippen LogP contribution in [-0.4, -0.2) is 22.9 Å². The van der Waals surface area contributed by atoms with Crippen LogP contribution < -0.4 is 0 Å². The lowest BCUT2D eigenvalue weighted by atomic mass is 10.2. The van der Waals surface area contributed by atoms with E-state index in [0.717, 1.165) is 23.0 Å². The topological polar surface area (TPSA) is 34.4 Å². The molecule has 1 heterocycles. The summed E-state index contributed by atoms with van der Waals surface area (Å²) >= 11 is 0. The van der Waals surface area contributed by atoms with Crippen molar-refractivity contribution in [2.75, 3.05) is 7.11 Å². The molecule has 0 amide bonds. The van der Waals surface area contributed by atoms with E-state index in [1.54, 1.807) is 7.11 Å². The number of rotatable bonds is 4. The van der Waals surface area contributed by atoms with Crippen LogP contribution in [0.4, 0.5) is 0 Å². The van der Waals surface area contributed by atoms with Crippen molar-refractivity contribution in [1.82, 2.24) is 4.57 Å². The van der Waals surface area contributed by atoms with Crippen LogP contribution in [-0.2, 0) is 17.9 Å². The van der Waals surface area contributed by atoms with E-state index >= 15 is 0 Å². The number of ether oxygens (including phenoxy) is 1. The fraction of sp³-hybridized carbons (Fsp3) is 0.385. The number of hydrogen-bond acceptors (Lipinski definition) is 2. The van der Waals surface area contributed by atoms with Crippen LogP contribution in [0, 0.1) is 0 Å². The molecule has 16 heavy (non-hydrogen) atoms. The zero-order chi connectivity index (χ0) is 11.5. The first kappa shape index (κ1) is 11.2. The minimum atomic E-state index is 0.0783. The quantitative estimate of drug-likeness (QED) is 0.855. The second-order valence-corrected chi connectivity index (χ2v) is 4.03. The Kier molecular flexibility index (Phi) is 3.27. The van der Waals surface area contributed by atoms with E-state index < -0.39 is 0 Å². The zero-order valence-electron chi connectivity index (χ0n) is 9.68. The Hall–Kier alpha value is -1.32. The molecule has 1 unspecified atom stereocenters. The van der Waals surface area contributed by atoms with E-state index in [1.807, 2.05) is 31.3 Å². The standard InChI is InChI=1S/C13H17NO2/c1-10(16-2)7-14-8-11(9-15)12-5-3-4-6-13(12)14/h3-6,8,10,15H,7,9H2,1-2H3. The lowest BCUT2D eigenvalue weighted by Gasteiger charge is -2.11. The molecule has 1 aromatic heterocycles. The van der Waals surface area contributed by atoms with Crippen LogP contribution in [0.15, 0.2) is 30.5 Å². The molecule has 0 saturated heterocycles. The summed E-state index contributed by atoms with van der Waals surface area (Å²) in [7, 11) is 1.71. The van der Waals surface area contributed by atoms with Gasteiger partial charge in [-0.1, -0.05) is 18.2 Å². The van der Waals surface area contributed by atoms with Crippen molar-refractivity contribution >= 4 is 10.9 Å². The van der Waals surface area contributed by atoms with Gasteiger partial charge >= 0.3 is 0 Å². The summed E-state index contributed by atoms with van der Waals surface area (Å²) in [6, 6.07) is 8.11. The molecule has 0 fully saturated rings. The highest BCUT2D eigenvalue weighted by atomic mass is 16.5. The third-order valence-corrected chi connectivity index (χ3v) is 2.90. The second kappa shape index (κ2) is 4.68. The predicted octanol–water partition coefficient (Wildman–Crippen LogP) is 2.17. The van der Waals surface area contributed by atoms with Crippen molar-refractivity contribution in [3.05, 3.63) is 36.0 Å². The van der Waals surface area contributed by atoms with Gasteiger partial charge in [0.1, 0.15) is 0 Å². The van der Waals surface area contributed by atoms with Crippen LogP contribution in [0.2, 0.25) is 0 Å². The van der Waals surface area contributed by atoms with Gasteiger partial charge in [-0.15, -0.1) is 0 Å². The molecule has 1 aromatic carbocycles. The zero-order valence-corrected chi connectivity index (χ0v) is 9.68. The molecule has 1 N–H and O–H groups in total. The van der Waals surface area contributed by atoms with Crippen molar-refractivity contribution in [3.63, 3.8) is 0 Å². The number of nitrogens with zero attached hydrogens (tertiary/aromatic N) is 1. The maximum atomic E-state index is 9.30. The monoisotopic (exact) mass is 219 g/mol. The molecule has 2 rings (SSSR count). The number of benzene rings is 1. The van der Waals surface area contributed by atoms with Gasteiger partial charge in [0.2, 0.25) is 0 Å². The molecule has 3 heteroatoms. The highest BCUT2D eigenvalue weighted by Gasteiger charge is 2.09. The molecule has 0 radical (unpaired) electrons. The summed E-state index contributed by atoms with van der Waals surface area (Å²) in [6.07, 6.45) is 2.17. The first-order valence-electron chi connectivity index (χ1n) is 5.46. The van der Waals surface area contributed by atoms with E-state index in [2.05, 4.69) is 10.6 Å². The van der Waals surface area contributed by atoms with Gasteiger partial charge in [-0.2, -0.15) is 0 Å². The second-order valence-electron chi connectivity index (χ2n) is 4.03. The SMILES string of the molecule is COC(C)Cn1cc(CO)c2ccccc21. The first-order valence-corrected chi connectivity index (χ1v) is 5.46. The molecule has 0 aliphatic carbocycles. The molecule has 0 bridgehead atoms. The summed E-state index contributed by atoms with van der Waals surface area (Å²) in [5, 5.41) is 10.4. The molecule has 0 aliphatic heterocycles. The summed E-state index contributed by atoms with van der Waals surface area (Å²) < 4.78 is 7.40. The van der Waals surface area contributed by atoms with E-state index in [0.29, 0.717) is 0 Å². The van der Waals surface area contributed by atoms with Gasteiger partial charge in [0.05, 0.1) is 12.7 Å². The van der Waals surface area contributed by atoms with Crippen molar-refractivity contribution < 1.29 is 9.84 Å². The largest absolute Gasteiger partial charge is 0.392 e. The smallest absolute Gasteiger partial charge is 0.0722 e. The summed E-state index contributed by atoms with van der Waals surface area (Å²) in [5.41, 5.74) is 2.12. The van der Waals surface area contributed by atoms with Crippen molar-refractivity contribution in [1.29, 1.82) is 0 Å². The van der Waals surface area contributed by atoms with Gasteiger partial charge in [0.25, 0.3) is 0 Å². The number of aliphatic hydroxyl groups excluding tert-OH is 1. The molecule has 0 spiro atoms. The van der Waals surface area contributed by atoms with Crippen molar-refractivity contribution in [2.45, 2.75) is 26.2 Å². The van der Waals surface area contributed by atoms with Crippen LogP contribution >= 0.6 is 0 Å². The maximum absolute atomic E-state index is 9.30. The highest BCUT2D eigenvalue weighted by Crippen LogP contribution is 2.21. The maximum Gasteiger partial charge on any atom is 0.0722 e. The van der Waals surface area contributed by atoms with Gasteiger partial charge in [0.15, 0.2) is 0 Å². The average molecular weight is 219 g/mol. The lowest BCUT2D eigenvalue weighted by molar-refractivity contribution is 0.104. The molecule has 86 valence electrons. The Morgan fingerprint density at radius 1 is 1.38 bits per heavy atom. The Labute approximate surface area is 95.3 Å².